The maximum absolute atomic E-state index is 13.4. The number of halogens is 3. The molecule has 0 spiro atoms. The maximum atomic E-state index is 13.4. The quantitative estimate of drug-likeness (QED) is 0.743. The van der Waals surface area contributed by atoms with Gasteiger partial charge in [-0.25, -0.2) is 18.4 Å². The topological polar surface area (TPSA) is 63.1 Å². The van der Waals surface area contributed by atoms with E-state index in [4.69, 9.17) is 0 Å². The van der Waals surface area contributed by atoms with E-state index in [0.717, 1.165) is 6.07 Å². The Morgan fingerprint density at radius 3 is 2.67 bits per heavy atom. The fourth-order valence-corrected chi connectivity index (χ4v) is 1.57. The molecule has 2 rings (SSSR count). The summed E-state index contributed by atoms with van der Waals surface area (Å²) in [6.07, 6.45) is 0. The Morgan fingerprint density at radius 2 is 2.00 bits per heavy atom. The third-order valence-electron chi connectivity index (χ3n) is 1.79. The minimum atomic E-state index is -1.22. The van der Waals surface area contributed by atoms with Gasteiger partial charge in [-0.05, 0) is 22.0 Å². The van der Waals surface area contributed by atoms with Gasteiger partial charge >= 0.3 is 11.4 Å². The van der Waals surface area contributed by atoms with Gasteiger partial charge < -0.3 is 4.42 Å². The van der Waals surface area contributed by atoms with E-state index in [-0.39, 0.29) is 4.47 Å². The fraction of sp³-hybridized carbons (Fsp3) is 0. The Morgan fingerprint density at radius 1 is 1.33 bits per heavy atom. The summed E-state index contributed by atoms with van der Waals surface area (Å²) in [4.78, 5) is 23.7. The predicted molar refractivity (Wildman–Crippen MR) is 50.7 cm³/mol. The monoisotopic (exact) mass is 277 g/mol. The summed E-state index contributed by atoms with van der Waals surface area (Å²) in [5, 5.41) is -0.624. The van der Waals surface area contributed by atoms with E-state index in [0.29, 0.717) is 0 Å². The van der Waals surface area contributed by atoms with Crippen LogP contribution in [0.15, 0.2) is 24.5 Å². The van der Waals surface area contributed by atoms with Gasteiger partial charge in [0.15, 0.2) is 5.82 Å². The van der Waals surface area contributed by atoms with Gasteiger partial charge in [-0.3, -0.25) is 4.98 Å². The van der Waals surface area contributed by atoms with Crippen molar-refractivity contribution in [2.45, 2.75) is 0 Å². The molecule has 0 aliphatic heterocycles. The lowest BCUT2D eigenvalue weighted by Gasteiger charge is -2.00. The van der Waals surface area contributed by atoms with Gasteiger partial charge in [0.1, 0.15) is 11.2 Å². The van der Waals surface area contributed by atoms with Gasteiger partial charge in [0.05, 0.1) is 9.99 Å². The van der Waals surface area contributed by atoms with Crippen molar-refractivity contribution in [3.63, 3.8) is 0 Å². The molecule has 0 bridgehead atoms. The zero-order chi connectivity index (χ0) is 11.2. The molecule has 0 amide bonds. The summed E-state index contributed by atoms with van der Waals surface area (Å²) in [5.41, 5.74) is -1.72. The molecule has 0 atom stereocenters. The highest BCUT2D eigenvalue weighted by Gasteiger charge is 2.15. The Balaban J connectivity index is 3.17. The van der Waals surface area contributed by atoms with Crippen molar-refractivity contribution in [3.8, 4) is 0 Å². The van der Waals surface area contributed by atoms with Crippen LogP contribution in [0.5, 0.6) is 0 Å². The van der Waals surface area contributed by atoms with Gasteiger partial charge in [0.25, 0.3) is 0 Å². The number of aromatic amines is 1. The van der Waals surface area contributed by atoms with Crippen LogP contribution in [0.3, 0.4) is 0 Å². The molecule has 1 aromatic heterocycles. The van der Waals surface area contributed by atoms with Gasteiger partial charge in [-0.15, -0.1) is 0 Å². The number of aromatic nitrogens is 1. The van der Waals surface area contributed by atoms with Crippen LogP contribution in [0.2, 0.25) is 0 Å². The second-order valence-electron chi connectivity index (χ2n) is 2.71. The van der Waals surface area contributed by atoms with E-state index in [9.17, 15) is 18.4 Å². The van der Waals surface area contributed by atoms with Crippen LogP contribution >= 0.6 is 15.9 Å². The highest BCUT2D eigenvalue weighted by molar-refractivity contribution is 9.10. The molecule has 0 saturated carbocycles. The molecule has 0 saturated heterocycles. The van der Waals surface area contributed by atoms with E-state index in [1.807, 2.05) is 4.98 Å². The molecule has 1 aromatic carbocycles. The van der Waals surface area contributed by atoms with Crippen LogP contribution in [-0.4, -0.2) is 4.98 Å². The number of benzene rings is 1. The number of hydrogen-bond acceptors (Lipinski definition) is 3. The molecular weight excluding hydrogens is 276 g/mol. The third kappa shape index (κ3) is 1.48. The van der Waals surface area contributed by atoms with Gasteiger partial charge in [0.2, 0.25) is 0 Å². The van der Waals surface area contributed by atoms with E-state index >= 15 is 0 Å². The summed E-state index contributed by atoms with van der Waals surface area (Å²) >= 11 is 2.73. The van der Waals surface area contributed by atoms with Crippen LogP contribution in [-0.2, 0) is 0 Å². The van der Waals surface area contributed by atoms with Crippen LogP contribution in [0.25, 0.3) is 10.9 Å². The molecule has 0 radical (unpaired) electrons. The molecule has 1 heterocycles. The minimum Gasteiger partial charge on any atom is -0.372 e. The number of fused-ring (bicyclic) bond motifs is 1. The molecule has 0 aliphatic carbocycles. The third-order valence-corrected chi connectivity index (χ3v) is 2.37. The molecule has 1 N–H and O–H groups in total. The summed E-state index contributed by atoms with van der Waals surface area (Å²) in [6.45, 7) is 0. The van der Waals surface area contributed by atoms with Crippen LogP contribution in [0.1, 0.15) is 0 Å². The molecule has 0 aliphatic rings. The van der Waals surface area contributed by atoms with Crippen molar-refractivity contribution in [1.29, 1.82) is 0 Å². The van der Waals surface area contributed by atoms with Crippen LogP contribution < -0.4 is 11.4 Å². The van der Waals surface area contributed by atoms with Crippen molar-refractivity contribution in [3.05, 3.63) is 43.1 Å². The first-order valence-electron chi connectivity index (χ1n) is 3.71. The van der Waals surface area contributed by atoms with Crippen molar-refractivity contribution in [2.75, 3.05) is 0 Å². The lowest BCUT2D eigenvalue weighted by atomic mass is 10.2. The minimum absolute atomic E-state index is 0.216. The lowest BCUT2D eigenvalue weighted by Crippen LogP contribution is -2.16. The molecule has 7 heteroatoms. The maximum Gasteiger partial charge on any atom is 0.419 e. The van der Waals surface area contributed by atoms with Crippen molar-refractivity contribution >= 4 is 26.8 Å². The summed E-state index contributed by atoms with van der Waals surface area (Å²) in [6, 6.07) is 0.813. The fourth-order valence-electron chi connectivity index (χ4n) is 1.17. The molecular formula is C8H2BrF2NO3. The molecule has 78 valence electrons. The van der Waals surface area contributed by atoms with Crippen LogP contribution in [0.4, 0.5) is 8.78 Å². The van der Waals surface area contributed by atoms with Gasteiger partial charge in [-0.2, -0.15) is 0 Å². The average molecular weight is 278 g/mol. The van der Waals surface area contributed by atoms with E-state index < -0.39 is 33.9 Å². The zero-order valence-corrected chi connectivity index (χ0v) is 8.52. The van der Waals surface area contributed by atoms with Gasteiger partial charge in [0, 0.05) is 0 Å². The molecule has 4 nitrogen and oxygen atoms in total. The number of H-pyrrole nitrogens is 1. The Hall–Kier alpha value is -1.50. The second-order valence-corrected chi connectivity index (χ2v) is 3.56. The first kappa shape index (κ1) is 10.0. The average Bonchev–Trinajstić information content (AvgIpc) is 2.13. The number of nitrogens with one attached hydrogen (secondary N) is 1. The van der Waals surface area contributed by atoms with Crippen molar-refractivity contribution in [1.82, 2.24) is 4.98 Å². The number of rotatable bonds is 0. The molecule has 2 aromatic rings. The predicted octanol–water partition coefficient (Wildman–Crippen LogP) is 1.52. The highest BCUT2D eigenvalue weighted by atomic mass is 79.9. The number of hydrogen-bond donors (Lipinski definition) is 1. The smallest absolute Gasteiger partial charge is 0.372 e. The Labute approximate surface area is 88.7 Å². The summed E-state index contributed by atoms with van der Waals surface area (Å²) < 4.78 is 30.5. The zero-order valence-electron chi connectivity index (χ0n) is 6.94. The van der Waals surface area contributed by atoms with Crippen LogP contribution in [0, 0.1) is 11.6 Å². The van der Waals surface area contributed by atoms with Crippen molar-refractivity contribution in [2.24, 2.45) is 0 Å². The SMILES string of the molecule is O=c1[nH]c2c(F)cc(Br)c(F)c2c(=O)o1. The summed E-state index contributed by atoms with van der Waals surface area (Å²) in [7, 11) is 0. The van der Waals surface area contributed by atoms with Gasteiger partial charge in [-0.1, -0.05) is 0 Å². The normalized spacial score (nSPS) is 10.9. The van der Waals surface area contributed by atoms with E-state index in [1.54, 1.807) is 0 Å². The van der Waals surface area contributed by atoms with E-state index in [1.165, 1.54) is 0 Å². The Kier molecular flexibility index (Phi) is 2.18. The standard InChI is InChI=1S/C8H2BrF2NO3/c9-2-1-3(10)6-4(5(2)11)7(13)15-8(14)12-6/h1H,(H,12,14). The largest absolute Gasteiger partial charge is 0.419 e. The highest BCUT2D eigenvalue weighted by Crippen LogP contribution is 2.23. The van der Waals surface area contributed by atoms with E-state index in [2.05, 4.69) is 20.3 Å². The second kappa shape index (κ2) is 3.27. The summed E-state index contributed by atoms with van der Waals surface area (Å²) in [5.74, 6) is -3.02. The molecule has 15 heavy (non-hydrogen) atoms. The first-order valence-corrected chi connectivity index (χ1v) is 4.50. The van der Waals surface area contributed by atoms with Crippen molar-refractivity contribution < 1.29 is 13.2 Å². The molecule has 0 fully saturated rings. The lowest BCUT2D eigenvalue weighted by molar-refractivity contribution is 0.454. The first-order chi connectivity index (χ1) is 7.00. The Bertz CT molecular complexity index is 661. The molecule has 0 unspecified atom stereocenters.